The molecule has 0 aliphatic heterocycles. The van der Waals surface area contributed by atoms with E-state index in [0.717, 1.165) is 11.4 Å². The monoisotopic (exact) mass is 445 g/mol. The van der Waals surface area contributed by atoms with Crippen LogP contribution in [0.5, 0.6) is 0 Å². The standard InChI is InChI=1S/C13H9.C6H4Cl.C5H5.CH2.Zr/c1-3-7-12-10(5-1)9-11-6-2-4-8-13(11)12;7-6-4-2-1-3-5-6;1-2-4-5-3-1;;/h1-5,7-8H,9H2;2-5H;1-5H;1H2;/q3*-1;;. The summed E-state index contributed by atoms with van der Waals surface area (Å²) in [6, 6.07) is 38.1. The van der Waals surface area contributed by atoms with E-state index in [4.69, 9.17) is 11.6 Å². The van der Waals surface area contributed by atoms with Crippen LogP contribution in [-0.4, -0.2) is 4.21 Å². The first-order chi connectivity index (χ1) is 13.3. The van der Waals surface area contributed by atoms with Crippen molar-refractivity contribution in [3.05, 3.63) is 125 Å². The summed E-state index contributed by atoms with van der Waals surface area (Å²) in [6.07, 6.45) is 1.05. The molecule has 1 aliphatic carbocycles. The Balaban J connectivity index is 0.000000158. The molecule has 0 nitrogen and oxygen atoms in total. The number of fused-ring (bicyclic) bond motifs is 3. The van der Waals surface area contributed by atoms with E-state index in [1.54, 1.807) is 24.3 Å². The predicted molar refractivity (Wildman–Crippen MR) is 113 cm³/mol. The molecule has 0 amide bonds. The first-order valence-electron chi connectivity index (χ1n) is 8.56. The topological polar surface area (TPSA) is 0 Å². The van der Waals surface area contributed by atoms with Gasteiger partial charge in [0, 0.05) is 0 Å². The zero-order valence-corrected chi connectivity index (χ0v) is 18.2. The zero-order valence-electron chi connectivity index (χ0n) is 15.0. The van der Waals surface area contributed by atoms with E-state index in [1.165, 1.54) is 46.5 Å². The van der Waals surface area contributed by atoms with Gasteiger partial charge in [-0.2, -0.15) is 78.4 Å². The number of halogens is 1. The number of benzene rings is 3. The molecule has 0 N–H and O–H groups in total. The Labute approximate surface area is 182 Å². The smallest absolute Gasteiger partial charge is 0.0253 e. The summed E-state index contributed by atoms with van der Waals surface area (Å²) >= 11 is 6.82. The normalized spacial score (nSPS) is 9.78. The number of hydrogen-bond donors (Lipinski definition) is 0. The van der Waals surface area contributed by atoms with Crippen molar-refractivity contribution in [2.75, 3.05) is 0 Å². The Hall–Kier alpha value is -1.95. The summed E-state index contributed by atoms with van der Waals surface area (Å²) in [7, 11) is 0. The molecule has 2 heteroatoms. The molecule has 0 saturated heterocycles. The van der Waals surface area contributed by atoms with Crippen molar-refractivity contribution in [3.63, 3.8) is 0 Å². The van der Waals surface area contributed by atoms with Crippen LogP contribution in [0, 0.1) is 12.1 Å². The second-order valence-electron chi connectivity index (χ2n) is 5.58. The summed E-state index contributed by atoms with van der Waals surface area (Å²) in [4.78, 5) is 0. The average Bonchev–Trinajstić information content (AvgIpc) is 3.42. The summed E-state index contributed by atoms with van der Waals surface area (Å²) in [5.41, 5.74) is 5.51. The van der Waals surface area contributed by atoms with Crippen LogP contribution in [-0.2, 0) is 30.7 Å². The molecule has 0 bridgehead atoms. The molecule has 27 heavy (non-hydrogen) atoms. The molecular formula is C25H20ClZr-3. The van der Waals surface area contributed by atoms with Gasteiger partial charge in [0.2, 0.25) is 0 Å². The average molecular weight is 447 g/mol. The third-order valence-corrected chi connectivity index (χ3v) is 4.10. The van der Waals surface area contributed by atoms with Gasteiger partial charge in [0.15, 0.2) is 0 Å². The molecule has 0 saturated carbocycles. The van der Waals surface area contributed by atoms with Crippen molar-refractivity contribution in [2.24, 2.45) is 0 Å². The molecule has 0 radical (unpaired) electrons. The maximum absolute atomic E-state index is 5.52. The van der Waals surface area contributed by atoms with Gasteiger partial charge in [0.25, 0.3) is 0 Å². The Morgan fingerprint density at radius 3 is 2.07 bits per heavy atom. The van der Waals surface area contributed by atoms with Gasteiger partial charge in [-0.3, -0.25) is 0 Å². The summed E-state index contributed by atoms with van der Waals surface area (Å²) < 4.78 is 3.34. The van der Waals surface area contributed by atoms with E-state index in [-0.39, 0.29) is 0 Å². The molecule has 1 aliphatic rings. The molecule has 0 atom stereocenters. The Morgan fingerprint density at radius 1 is 0.815 bits per heavy atom. The van der Waals surface area contributed by atoms with Gasteiger partial charge < -0.3 is 0 Å². The SMILES string of the molecule is Clc1cc[c-]cc1.[CH2]=[Zr].[c-]1cccc2c1Cc1ccccc1-2.c1cc[cH-]c1. The maximum atomic E-state index is 5.52. The van der Waals surface area contributed by atoms with Crippen LogP contribution in [0.15, 0.2) is 97.1 Å². The van der Waals surface area contributed by atoms with Gasteiger partial charge >= 0.3 is 28.4 Å². The van der Waals surface area contributed by atoms with Gasteiger partial charge in [0.05, 0.1) is 0 Å². The fourth-order valence-corrected chi connectivity index (χ4v) is 2.81. The first-order valence-corrected chi connectivity index (χ1v) is 10.7. The predicted octanol–water partition coefficient (Wildman–Crippen LogP) is 6.57. The van der Waals surface area contributed by atoms with Crippen molar-refractivity contribution in [3.8, 4) is 11.1 Å². The van der Waals surface area contributed by atoms with E-state index >= 15 is 0 Å². The minimum atomic E-state index is 0.763. The molecule has 134 valence electrons. The molecule has 4 aromatic carbocycles. The van der Waals surface area contributed by atoms with E-state index in [2.05, 4.69) is 52.7 Å². The molecule has 0 spiro atoms. The summed E-state index contributed by atoms with van der Waals surface area (Å²) in [5.74, 6) is 0. The molecule has 5 rings (SSSR count). The second-order valence-corrected chi connectivity index (χ2v) is 6.01. The van der Waals surface area contributed by atoms with Gasteiger partial charge in [0.1, 0.15) is 0 Å². The fourth-order valence-electron chi connectivity index (χ4n) is 2.68. The van der Waals surface area contributed by atoms with E-state index < -0.39 is 0 Å². The number of hydrogen-bond acceptors (Lipinski definition) is 0. The van der Waals surface area contributed by atoms with Gasteiger partial charge in [-0.15, -0.1) is 17.2 Å². The first kappa shape index (κ1) is 21.4. The maximum Gasteiger partial charge on any atom is -0.0253 e. The largest absolute Gasteiger partial charge is 0.214 e. The summed E-state index contributed by atoms with van der Waals surface area (Å²) in [5, 5.41) is 0.763. The van der Waals surface area contributed by atoms with Crippen LogP contribution in [0.1, 0.15) is 11.1 Å². The molecule has 0 heterocycles. The van der Waals surface area contributed by atoms with E-state index in [1.807, 2.05) is 36.4 Å². The van der Waals surface area contributed by atoms with Crippen molar-refractivity contribution < 1.29 is 24.2 Å². The Kier molecular flexibility index (Phi) is 9.84. The van der Waals surface area contributed by atoms with Crippen molar-refractivity contribution >= 4 is 15.8 Å². The van der Waals surface area contributed by atoms with Crippen LogP contribution < -0.4 is 0 Å². The van der Waals surface area contributed by atoms with Crippen LogP contribution in [0.4, 0.5) is 0 Å². The fraction of sp³-hybridized carbons (Fsp3) is 0.0400. The Morgan fingerprint density at radius 2 is 1.48 bits per heavy atom. The van der Waals surface area contributed by atoms with Crippen molar-refractivity contribution in [1.82, 2.24) is 0 Å². The van der Waals surface area contributed by atoms with Crippen molar-refractivity contribution in [2.45, 2.75) is 6.42 Å². The van der Waals surface area contributed by atoms with Gasteiger partial charge in [-0.1, -0.05) is 40.4 Å². The third kappa shape index (κ3) is 6.94. The van der Waals surface area contributed by atoms with E-state index in [9.17, 15) is 0 Å². The zero-order chi connectivity index (χ0) is 19.3. The third-order valence-electron chi connectivity index (χ3n) is 3.85. The van der Waals surface area contributed by atoms with Gasteiger partial charge in [-0.05, 0) is 6.42 Å². The second kappa shape index (κ2) is 12.4. The van der Waals surface area contributed by atoms with Crippen LogP contribution >= 0.6 is 11.6 Å². The van der Waals surface area contributed by atoms with Crippen LogP contribution in [0.3, 0.4) is 0 Å². The quantitative estimate of drug-likeness (QED) is 0.236. The van der Waals surface area contributed by atoms with Crippen LogP contribution in [0.25, 0.3) is 11.1 Å². The minimum absolute atomic E-state index is 0.763. The minimum Gasteiger partial charge on any atom is -0.214 e. The molecular weight excluding hydrogens is 427 g/mol. The van der Waals surface area contributed by atoms with E-state index in [0.29, 0.717) is 0 Å². The summed E-state index contributed by atoms with van der Waals surface area (Å²) in [6.45, 7) is 0. The van der Waals surface area contributed by atoms with Gasteiger partial charge in [-0.25, -0.2) is 12.1 Å². The molecule has 4 aromatic rings. The molecule has 0 aromatic heterocycles. The number of rotatable bonds is 0. The van der Waals surface area contributed by atoms with Crippen LogP contribution in [0.2, 0.25) is 5.02 Å². The Bertz CT molecular complexity index is 838. The molecule has 0 unspecified atom stereocenters. The molecule has 0 fully saturated rings. The van der Waals surface area contributed by atoms with Crippen molar-refractivity contribution in [1.29, 1.82) is 0 Å².